The number of aryl methyl sites for hydroxylation is 1. The number of halogens is 1. The van der Waals surface area contributed by atoms with Crippen molar-refractivity contribution in [3.63, 3.8) is 0 Å². The number of non-ortho nitro benzene ring substituents is 1. The van der Waals surface area contributed by atoms with Crippen LogP contribution in [0.2, 0.25) is 5.02 Å². The summed E-state index contributed by atoms with van der Waals surface area (Å²) >= 11 is 6.44. The largest absolute Gasteiger partial charge is 0.321 e. The van der Waals surface area contributed by atoms with Gasteiger partial charge in [-0.2, -0.15) is 10.2 Å². The van der Waals surface area contributed by atoms with E-state index in [1.807, 2.05) is 17.9 Å². The number of rotatable bonds is 8. The van der Waals surface area contributed by atoms with Crippen molar-refractivity contribution in [1.29, 1.82) is 0 Å². The molecule has 1 aliphatic carbocycles. The quantitative estimate of drug-likeness (QED) is 0.303. The first-order valence-corrected chi connectivity index (χ1v) is 10.9. The predicted molar refractivity (Wildman–Crippen MR) is 123 cm³/mol. The van der Waals surface area contributed by atoms with E-state index in [0.29, 0.717) is 29.1 Å². The second-order valence-corrected chi connectivity index (χ2v) is 8.55. The van der Waals surface area contributed by atoms with Crippen molar-refractivity contribution in [3.8, 4) is 11.3 Å². The molecule has 0 saturated heterocycles. The van der Waals surface area contributed by atoms with E-state index in [4.69, 9.17) is 11.6 Å². The van der Waals surface area contributed by atoms with Gasteiger partial charge in [0, 0.05) is 36.6 Å². The highest BCUT2D eigenvalue weighted by Crippen LogP contribution is 2.37. The van der Waals surface area contributed by atoms with Gasteiger partial charge in [0.2, 0.25) is 5.95 Å². The van der Waals surface area contributed by atoms with Gasteiger partial charge in [0.25, 0.3) is 5.69 Å². The fourth-order valence-electron chi connectivity index (χ4n) is 3.67. The summed E-state index contributed by atoms with van der Waals surface area (Å²) in [6.45, 7) is 0.479. The molecule has 1 fully saturated rings. The molecule has 0 unspecified atom stereocenters. The lowest BCUT2D eigenvalue weighted by molar-refractivity contribution is -0.384. The number of nitro benzene ring substituents is 1. The number of hydrogen-bond donors (Lipinski definition) is 1. The number of aromatic nitrogens is 6. The van der Waals surface area contributed by atoms with E-state index in [9.17, 15) is 10.1 Å². The van der Waals surface area contributed by atoms with Crippen molar-refractivity contribution in [2.24, 2.45) is 13.0 Å². The molecule has 4 aromatic rings. The molecule has 1 saturated carbocycles. The van der Waals surface area contributed by atoms with Gasteiger partial charge in [0.1, 0.15) is 0 Å². The van der Waals surface area contributed by atoms with E-state index in [0.717, 1.165) is 28.9 Å². The molecule has 1 aliphatic rings. The molecule has 10 nitrogen and oxygen atoms in total. The Kier molecular flexibility index (Phi) is 5.51. The van der Waals surface area contributed by atoms with Crippen LogP contribution in [-0.2, 0) is 20.0 Å². The van der Waals surface area contributed by atoms with Crippen molar-refractivity contribution < 1.29 is 4.92 Å². The van der Waals surface area contributed by atoms with Crippen LogP contribution in [0, 0.1) is 16.0 Å². The Labute approximate surface area is 194 Å². The first kappa shape index (κ1) is 21.1. The van der Waals surface area contributed by atoms with Gasteiger partial charge in [-0.3, -0.25) is 19.5 Å². The first-order chi connectivity index (χ1) is 16.0. The van der Waals surface area contributed by atoms with Gasteiger partial charge >= 0.3 is 0 Å². The summed E-state index contributed by atoms with van der Waals surface area (Å²) in [5.41, 5.74) is 4.38. The lowest BCUT2D eigenvalue weighted by Crippen LogP contribution is -2.03. The van der Waals surface area contributed by atoms with Crippen molar-refractivity contribution in [3.05, 3.63) is 75.4 Å². The smallest absolute Gasteiger partial charge is 0.269 e. The predicted octanol–water partition coefficient (Wildman–Crippen LogP) is 4.38. The third kappa shape index (κ3) is 4.70. The second kappa shape index (κ2) is 8.62. The highest BCUT2D eigenvalue weighted by atomic mass is 35.5. The van der Waals surface area contributed by atoms with E-state index in [1.54, 1.807) is 35.4 Å². The topological polar surface area (TPSA) is 117 Å². The zero-order valence-electron chi connectivity index (χ0n) is 17.8. The van der Waals surface area contributed by atoms with Gasteiger partial charge in [-0.05, 0) is 30.7 Å². The monoisotopic (exact) mass is 464 g/mol. The minimum atomic E-state index is -0.416. The van der Waals surface area contributed by atoms with Crippen LogP contribution in [0.1, 0.15) is 24.1 Å². The number of benzene rings is 1. The van der Waals surface area contributed by atoms with Crippen LogP contribution in [0.5, 0.6) is 0 Å². The fourth-order valence-corrected chi connectivity index (χ4v) is 3.86. The Hall–Kier alpha value is -3.79. The standard InChI is InChI=1S/C22H21ClN8O2/c1-29-20(8-14-2-3-14)18(10-25-29)21-19(23)11-24-22(28-21)27-16-9-26-30(13-16)12-15-4-6-17(7-5-15)31(32)33/h4-7,9-11,13-14H,2-3,8,12H2,1H3,(H,24,27,28). The Morgan fingerprint density at radius 2 is 1.97 bits per heavy atom. The summed E-state index contributed by atoms with van der Waals surface area (Å²) in [4.78, 5) is 19.3. The molecule has 0 aliphatic heterocycles. The van der Waals surface area contributed by atoms with E-state index in [-0.39, 0.29) is 5.69 Å². The van der Waals surface area contributed by atoms with Gasteiger partial charge in [-0.25, -0.2) is 9.97 Å². The van der Waals surface area contributed by atoms with Crippen molar-refractivity contribution in [2.45, 2.75) is 25.8 Å². The maximum absolute atomic E-state index is 10.8. The molecule has 168 valence electrons. The molecule has 0 atom stereocenters. The summed E-state index contributed by atoms with van der Waals surface area (Å²) in [5.74, 6) is 1.12. The van der Waals surface area contributed by atoms with Crippen LogP contribution in [0.25, 0.3) is 11.3 Å². The SMILES string of the molecule is Cn1ncc(-c2nc(Nc3cnn(Cc4ccc([N+](=O)[O-])cc4)c3)ncc2Cl)c1CC1CC1. The Balaban J connectivity index is 1.33. The van der Waals surface area contributed by atoms with E-state index >= 15 is 0 Å². The zero-order valence-corrected chi connectivity index (χ0v) is 18.6. The minimum Gasteiger partial charge on any atom is -0.321 e. The van der Waals surface area contributed by atoms with Crippen LogP contribution in [-0.4, -0.2) is 34.5 Å². The molecule has 0 radical (unpaired) electrons. The number of nitrogens with one attached hydrogen (secondary N) is 1. The Bertz CT molecular complexity index is 1310. The summed E-state index contributed by atoms with van der Waals surface area (Å²) in [5, 5.41) is 23.2. The average molecular weight is 465 g/mol. The molecule has 33 heavy (non-hydrogen) atoms. The van der Waals surface area contributed by atoms with Crippen molar-refractivity contribution >= 4 is 28.9 Å². The molecule has 0 amide bonds. The van der Waals surface area contributed by atoms with E-state index < -0.39 is 4.92 Å². The van der Waals surface area contributed by atoms with Crippen LogP contribution in [0.4, 0.5) is 17.3 Å². The van der Waals surface area contributed by atoms with E-state index in [2.05, 4.69) is 25.5 Å². The molecular formula is C22H21ClN8O2. The maximum atomic E-state index is 10.8. The molecule has 1 aromatic carbocycles. The third-order valence-corrected chi connectivity index (χ3v) is 5.90. The summed E-state index contributed by atoms with van der Waals surface area (Å²) in [7, 11) is 1.94. The molecule has 3 heterocycles. The summed E-state index contributed by atoms with van der Waals surface area (Å²) in [6.07, 6.45) is 10.3. The third-order valence-electron chi connectivity index (χ3n) is 5.62. The van der Waals surface area contributed by atoms with Gasteiger partial charge in [0.05, 0.1) is 46.5 Å². The first-order valence-electron chi connectivity index (χ1n) is 10.5. The Morgan fingerprint density at radius 3 is 2.70 bits per heavy atom. The average Bonchev–Trinajstić information content (AvgIpc) is 3.41. The fraction of sp³-hybridized carbons (Fsp3) is 0.273. The lowest BCUT2D eigenvalue weighted by atomic mass is 10.1. The van der Waals surface area contributed by atoms with Crippen LogP contribution in [0.15, 0.2) is 49.1 Å². The highest BCUT2D eigenvalue weighted by molar-refractivity contribution is 6.33. The maximum Gasteiger partial charge on any atom is 0.269 e. The highest BCUT2D eigenvalue weighted by Gasteiger charge is 2.26. The van der Waals surface area contributed by atoms with Gasteiger partial charge in [-0.15, -0.1) is 0 Å². The molecule has 11 heteroatoms. The number of nitrogens with zero attached hydrogens (tertiary/aromatic N) is 7. The molecule has 5 rings (SSSR count). The summed E-state index contributed by atoms with van der Waals surface area (Å²) < 4.78 is 3.62. The zero-order chi connectivity index (χ0) is 22.9. The van der Waals surface area contributed by atoms with Crippen LogP contribution < -0.4 is 5.32 Å². The molecule has 1 N–H and O–H groups in total. The second-order valence-electron chi connectivity index (χ2n) is 8.14. The number of hydrogen-bond acceptors (Lipinski definition) is 7. The molecule has 0 spiro atoms. The van der Waals surface area contributed by atoms with E-state index in [1.165, 1.54) is 25.0 Å². The minimum absolute atomic E-state index is 0.0613. The number of nitro groups is 1. The molecule has 0 bridgehead atoms. The van der Waals surface area contributed by atoms with Gasteiger partial charge < -0.3 is 5.32 Å². The summed E-state index contributed by atoms with van der Waals surface area (Å²) in [6, 6.07) is 6.40. The molecule has 3 aromatic heterocycles. The van der Waals surface area contributed by atoms with Gasteiger partial charge in [-0.1, -0.05) is 23.7 Å². The van der Waals surface area contributed by atoms with Crippen molar-refractivity contribution in [1.82, 2.24) is 29.5 Å². The van der Waals surface area contributed by atoms with Crippen LogP contribution >= 0.6 is 11.6 Å². The normalized spacial score (nSPS) is 13.3. The van der Waals surface area contributed by atoms with Crippen molar-refractivity contribution in [2.75, 3.05) is 5.32 Å². The lowest BCUT2D eigenvalue weighted by Gasteiger charge is -2.09. The molecular weight excluding hydrogens is 444 g/mol. The van der Waals surface area contributed by atoms with Gasteiger partial charge in [0.15, 0.2) is 0 Å². The number of anilines is 2. The Morgan fingerprint density at radius 1 is 1.18 bits per heavy atom. The van der Waals surface area contributed by atoms with Crippen LogP contribution in [0.3, 0.4) is 0 Å².